The Kier molecular flexibility index (Phi) is 4.87. The molecule has 2 aliphatic rings. The molecule has 32 heavy (non-hydrogen) atoms. The van der Waals surface area contributed by atoms with Gasteiger partial charge in [0, 0.05) is 30.4 Å². The Morgan fingerprint density at radius 1 is 1.19 bits per heavy atom. The molecule has 0 bridgehead atoms. The van der Waals surface area contributed by atoms with Gasteiger partial charge in [0.1, 0.15) is 16.6 Å². The summed E-state index contributed by atoms with van der Waals surface area (Å²) in [6.45, 7) is 0.331. The molecule has 5 rings (SSSR count). The normalized spacial score (nSPS) is 18.7. The molecule has 11 heteroatoms. The zero-order chi connectivity index (χ0) is 22.5. The third kappa shape index (κ3) is 3.39. The third-order valence-electron chi connectivity index (χ3n) is 5.19. The number of ether oxygens (including phenoxy) is 2. The monoisotopic (exact) mass is 473 g/mol. The largest absolute Gasteiger partial charge is 0.452 e. The van der Waals surface area contributed by atoms with Gasteiger partial charge in [-0.15, -0.1) is 0 Å². The van der Waals surface area contributed by atoms with Crippen LogP contribution in [0.2, 0.25) is 10.2 Å². The second-order valence-electron chi connectivity index (χ2n) is 7.14. The predicted octanol–water partition coefficient (Wildman–Crippen LogP) is 4.26. The number of nitrogens with zero attached hydrogens (tertiary/aromatic N) is 3. The molecule has 2 aromatic heterocycles. The fraction of sp³-hybridized carbons (Fsp3) is 0.143. The molecule has 1 aromatic carbocycles. The van der Waals surface area contributed by atoms with E-state index in [2.05, 4.69) is 20.3 Å². The molecule has 0 radical (unpaired) electrons. The van der Waals surface area contributed by atoms with E-state index in [1.165, 1.54) is 18.3 Å². The van der Waals surface area contributed by atoms with E-state index < -0.39 is 17.5 Å². The van der Waals surface area contributed by atoms with Crippen molar-refractivity contribution in [2.75, 3.05) is 11.9 Å². The number of carbonyl (C=O) groups excluding carboxylic acids is 1. The minimum atomic E-state index is -1.22. The van der Waals surface area contributed by atoms with Crippen molar-refractivity contribution in [3.8, 4) is 11.5 Å². The number of halogens is 3. The Morgan fingerprint density at radius 3 is 2.78 bits per heavy atom. The van der Waals surface area contributed by atoms with E-state index in [0.717, 1.165) is 0 Å². The smallest absolute Gasteiger partial charge is 0.283 e. The first kappa shape index (κ1) is 20.5. The van der Waals surface area contributed by atoms with Crippen LogP contribution >= 0.6 is 23.2 Å². The van der Waals surface area contributed by atoms with Crippen molar-refractivity contribution in [3.63, 3.8) is 0 Å². The van der Waals surface area contributed by atoms with Crippen molar-refractivity contribution in [3.05, 3.63) is 75.5 Å². The van der Waals surface area contributed by atoms with E-state index in [1.54, 1.807) is 24.3 Å². The summed E-state index contributed by atoms with van der Waals surface area (Å²) in [5.41, 5.74) is 6.18. The molecule has 2 aliphatic heterocycles. The number of hydrogen-bond acceptors (Lipinski definition) is 7. The van der Waals surface area contributed by atoms with Crippen molar-refractivity contribution in [2.24, 2.45) is 10.7 Å². The molecular weight excluding hydrogens is 460 g/mol. The average molecular weight is 474 g/mol. The summed E-state index contributed by atoms with van der Waals surface area (Å²) < 4.78 is 26.4. The summed E-state index contributed by atoms with van der Waals surface area (Å²) in [5.74, 6) is -1.07. The number of nitrogens with one attached hydrogen (secondary N) is 1. The first-order chi connectivity index (χ1) is 15.4. The fourth-order valence-electron chi connectivity index (χ4n) is 3.81. The van der Waals surface area contributed by atoms with Crippen LogP contribution in [0.5, 0.6) is 11.5 Å². The van der Waals surface area contributed by atoms with Gasteiger partial charge in [0.2, 0.25) is 0 Å². The van der Waals surface area contributed by atoms with Crippen LogP contribution in [0, 0.1) is 5.95 Å². The molecular formula is C21H14Cl2FN5O3. The molecule has 0 fully saturated rings. The number of aliphatic imine (C=N–C) groups is 1. The number of fused-ring (bicyclic) bond motifs is 4. The van der Waals surface area contributed by atoms with E-state index in [4.69, 9.17) is 38.4 Å². The van der Waals surface area contributed by atoms with E-state index >= 15 is 0 Å². The van der Waals surface area contributed by atoms with Gasteiger partial charge >= 0.3 is 0 Å². The average Bonchev–Trinajstić information content (AvgIpc) is 2.76. The minimum absolute atomic E-state index is 0.0526. The third-order valence-corrected chi connectivity index (χ3v) is 5.61. The van der Waals surface area contributed by atoms with Crippen LogP contribution in [-0.4, -0.2) is 28.4 Å². The van der Waals surface area contributed by atoms with Crippen molar-refractivity contribution >= 4 is 40.8 Å². The first-order valence-corrected chi connectivity index (χ1v) is 10.2. The van der Waals surface area contributed by atoms with E-state index in [-0.39, 0.29) is 22.6 Å². The molecule has 1 amide bonds. The number of pyridine rings is 2. The number of amides is 1. The maximum absolute atomic E-state index is 14.6. The summed E-state index contributed by atoms with van der Waals surface area (Å²) in [7, 11) is 0. The Bertz CT molecular complexity index is 1290. The van der Waals surface area contributed by atoms with Gasteiger partial charge in [-0.2, -0.15) is 4.39 Å². The van der Waals surface area contributed by atoms with Crippen molar-refractivity contribution in [1.82, 2.24) is 9.97 Å². The van der Waals surface area contributed by atoms with Gasteiger partial charge in [-0.25, -0.2) is 15.0 Å². The van der Waals surface area contributed by atoms with Crippen LogP contribution in [0.15, 0.2) is 47.6 Å². The SMILES string of the molecule is NC1=NCC[C@]2(O1)c1cc(NC(=O)c3ccc(Cl)cn3)ccc1Oc1c2cc(Cl)nc1F. The molecule has 0 saturated heterocycles. The van der Waals surface area contributed by atoms with Crippen molar-refractivity contribution < 1.29 is 18.7 Å². The number of benzene rings is 1. The van der Waals surface area contributed by atoms with Gasteiger partial charge in [-0.1, -0.05) is 23.2 Å². The lowest BCUT2D eigenvalue weighted by molar-refractivity contribution is 0.0624. The highest BCUT2D eigenvalue weighted by Gasteiger charge is 2.48. The molecule has 162 valence electrons. The standard InChI is InChI=1S/C21H14Cl2FN5O3/c22-10-1-3-14(27-9-10)19(30)28-11-2-4-15-12(7-11)21(5-6-26-20(25)32-21)13-8-16(23)29-18(24)17(13)31-15/h1-4,7-9H,5-6H2,(H2,25,26)(H,28,30)/t21-/m0/s1. The van der Waals surface area contributed by atoms with Crippen molar-refractivity contribution in [1.29, 1.82) is 0 Å². The number of amidine groups is 1. The lowest BCUT2D eigenvalue weighted by atomic mass is 9.80. The number of hydrogen-bond donors (Lipinski definition) is 2. The lowest BCUT2D eigenvalue weighted by Gasteiger charge is -2.41. The maximum atomic E-state index is 14.6. The zero-order valence-electron chi connectivity index (χ0n) is 16.2. The highest BCUT2D eigenvalue weighted by molar-refractivity contribution is 6.30. The highest BCUT2D eigenvalue weighted by Crippen LogP contribution is 2.53. The van der Waals surface area contributed by atoms with Crippen LogP contribution in [0.25, 0.3) is 0 Å². The Hall–Kier alpha value is -3.43. The number of rotatable bonds is 2. The maximum Gasteiger partial charge on any atom is 0.283 e. The molecule has 3 N–H and O–H groups in total. The summed E-state index contributed by atoms with van der Waals surface area (Å²) in [6.07, 6.45) is 1.72. The lowest BCUT2D eigenvalue weighted by Crippen LogP contribution is -2.42. The summed E-state index contributed by atoms with van der Waals surface area (Å²) in [5, 5.41) is 3.14. The minimum Gasteiger partial charge on any atom is -0.452 e. The number of aromatic nitrogens is 2. The first-order valence-electron chi connectivity index (χ1n) is 9.46. The van der Waals surface area contributed by atoms with Crippen molar-refractivity contribution in [2.45, 2.75) is 12.0 Å². The van der Waals surface area contributed by atoms with Crippen LogP contribution in [0.1, 0.15) is 28.0 Å². The molecule has 8 nitrogen and oxygen atoms in total. The summed E-state index contributed by atoms with van der Waals surface area (Å²) in [6, 6.07) is 9.40. The Morgan fingerprint density at radius 2 is 2.03 bits per heavy atom. The highest BCUT2D eigenvalue weighted by atomic mass is 35.5. The molecule has 0 saturated carbocycles. The molecule has 1 spiro atoms. The van der Waals surface area contributed by atoms with Crippen LogP contribution < -0.4 is 15.8 Å². The molecule has 0 unspecified atom stereocenters. The van der Waals surface area contributed by atoms with Crippen LogP contribution in [0.4, 0.5) is 10.1 Å². The van der Waals surface area contributed by atoms with Crippen LogP contribution in [-0.2, 0) is 10.3 Å². The molecule has 1 atom stereocenters. The summed E-state index contributed by atoms with van der Waals surface area (Å²) >= 11 is 11.9. The fourth-order valence-corrected chi connectivity index (χ4v) is 4.10. The van der Waals surface area contributed by atoms with E-state index in [9.17, 15) is 9.18 Å². The zero-order valence-corrected chi connectivity index (χ0v) is 17.7. The second kappa shape index (κ2) is 7.61. The number of anilines is 1. The number of nitrogens with two attached hydrogens (primary N) is 1. The summed E-state index contributed by atoms with van der Waals surface area (Å²) in [4.78, 5) is 24.3. The predicted molar refractivity (Wildman–Crippen MR) is 116 cm³/mol. The Labute approximate surface area is 191 Å². The molecule has 4 heterocycles. The van der Waals surface area contributed by atoms with Gasteiger partial charge in [-0.3, -0.25) is 4.79 Å². The number of carbonyl (C=O) groups is 1. The van der Waals surface area contributed by atoms with Crippen LogP contribution in [0.3, 0.4) is 0 Å². The molecule has 3 aromatic rings. The Balaban J connectivity index is 1.59. The second-order valence-corrected chi connectivity index (χ2v) is 7.96. The van der Waals surface area contributed by atoms with Gasteiger partial charge in [0.05, 0.1) is 10.6 Å². The van der Waals surface area contributed by atoms with E-state index in [0.29, 0.717) is 40.6 Å². The van der Waals surface area contributed by atoms with Gasteiger partial charge in [0.15, 0.2) is 11.4 Å². The quantitative estimate of drug-likeness (QED) is 0.537. The van der Waals surface area contributed by atoms with E-state index in [1.807, 2.05) is 0 Å². The molecule has 0 aliphatic carbocycles. The van der Waals surface area contributed by atoms with Gasteiger partial charge in [0.25, 0.3) is 17.9 Å². The van der Waals surface area contributed by atoms with Gasteiger partial charge in [-0.05, 0) is 36.4 Å². The van der Waals surface area contributed by atoms with Gasteiger partial charge < -0.3 is 20.5 Å². The topological polar surface area (TPSA) is 112 Å².